The second kappa shape index (κ2) is 17.5. The molecule has 4 N–H and O–H groups in total. The zero-order chi connectivity index (χ0) is 38.5. The Morgan fingerprint density at radius 2 is 1.78 bits per heavy atom. The van der Waals surface area contributed by atoms with Gasteiger partial charge in [-0.15, -0.1) is 0 Å². The maximum absolute atomic E-state index is 14.4. The minimum atomic E-state index is -0.954. The number of nitrogens with zero attached hydrogens (tertiary/aromatic N) is 2. The van der Waals surface area contributed by atoms with Crippen LogP contribution in [-0.4, -0.2) is 96.8 Å². The van der Waals surface area contributed by atoms with E-state index in [2.05, 4.69) is 27.8 Å². The molecule has 0 radical (unpaired) electrons. The van der Waals surface area contributed by atoms with Crippen LogP contribution in [0, 0.1) is 23.7 Å². The number of rotatable bonds is 16. The molecule has 12 heteroatoms. The van der Waals surface area contributed by atoms with Crippen molar-refractivity contribution >= 4 is 40.2 Å². The first-order chi connectivity index (χ1) is 26.7. The molecule has 3 fully saturated rings. The van der Waals surface area contributed by atoms with Crippen LogP contribution in [-0.2, 0) is 22.4 Å². The van der Waals surface area contributed by atoms with E-state index in [0.29, 0.717) is 54.7 Å². The molecule has 55 heavy (non-hydrogen) atoms. The molecule has 1 saturated carbocycles. The number of fused-ring (bicyclic) bond motifs is 2. The van der Waals surface area contributed by atoms with E-state index in [4.69, 9.17) is 21.1 Å². The van der Waals surface area contributed by atoms with Gasteiger partial charge in [0, 0.05) is 53.9 Å². The Bertz CT molecular complexity index is 1970. The summed E-state index contributed by atoms with van der Waals surface area (Å²) in [7, 11) is 3.24. The third kappa shape index (κ3) is 9.28. The van der Waals surface area contributed by atoms with E-state index in [1.54, 1.807) is 42.2 Å². The summed E-state index contributed by atoms with van der Waals surface area (Å²) in [6.45, 7) is 2.04. The summed E-state index contributed by atoms with van der Waals surface area (Å²) in [5, 5.41) is 18.5. The maximum atomic E-state index is 14.4. The molecule has 0 bridgehead atoms. The lowest BCUT2D eigenvalue weighted by atomic mass is 9.79. The van der Waals surface area contributed by atoms with Crippen molar-refractivity contribution in [2.24, 2.45) is 23.7 Å². The standard InChI is InChI=1S/C43H52ClN5O6/c1-45-42(52)36(10-6-9-27-7-4-3-5-8-27)47-41(51)35-26-48(40(50)20-30-22-46-37-21-32(44)14-15-33(30)37)23-31-24-49(25-34(31)35)43(53)29-13-16-38(39(19-29)54-2)55-18-17-28-11-12-28/h3-5,7-8,13-16,19,21-22,28,31,34-36,42,45-46,52H,6,9-12,17-18,20,23-26H2,1-2H3,(H,47,51)/t31?,34?,35?,36-,42?/m0/s1. The number of amides is 3. The molecule has 0 spiro atoms. The lowest BCUT2D eigenvalue weighted by Gasteiger charge is -2.40. The number of aromatic amines is 1. The lowest BCUT2D eigenvalue weighted by molar-refractivity contribution is -0.139. The van der Waals surface area contributed by atoms with Crippen LogP contribution in [0.15, 0.2) is 72.9 Å². The second-order valence-corrected chi connectivity index (χ2v) is 15.8. The van der Waals surface area contributed by atoms with Crippen molar-refractivity contribution in [3.63, 3.8) is 0 Å². The van der Waals surface area contributed by atoms with Gasteiger partial charge in [0.2, 0.25) is 11.8 Å². The molecule has 3 aliphatic rings. The molecule has 3 heterocycles. The highest BCUT2D eigenvalue weighted by Gasteiger charge is 2.48. The number of halogens is 1. The molecule has 2 saturated heterocycles. The molecule has 292 valence electrons. The first-order valence-corrected chi connectivity index (χ1v) is 19.9. The Balaban J connectivity index is 1.08. The van der Waals surface area contributed by atoms with Gasteiger partial charge < -0.3 is 34.7 Å². The number of hydrogen-bond acceptors (Lipinski definition) is 7. The molecule has 4 unspecified atom stereocenters. The van der Waals surface area contributed by atoms with Crippen LogP contribution >= 0.6 is 11.6 Å². The Labute approximate surface area is 327 Å². The number of carbonyl (C=O) groups excluding carboxylic acids is 3. The number of aromatic nitrogens is 1. The van der Waals surface area contributed by atoms with Crippen LogP contribution in [0.25, 0.3) is 10.9 Å². The highest BCUT2D eigenvalue weighted by atomic mass is 35.5. The van der Waals surface area contributed by atoms with Crippen molar-refractivity contribution < 1.29 is 29.0 Å². The van der Waals surface area contributed by atoms with Crippen LogP contribution in [0.3, 0.4) is 0 Å². The topological polar surface area (TPSA) is 136 Å². The van der Waals surface area contributed by atoms with E-state index in [1.165, 1.54) is 18.4 Å². The van der Waals surface area contributed by atoms with Gasteiger partial charge in [-0.05, 0) is 91.9 Å². The quantitative estimate of drug-likeness (QED) is 0.112. The van der Waals surface area contributed by atoms with Crippen LogP contribution < -0.4 is 20.1 Å². The Hall–Kier alpha value is -4.58. The molecule has 2 aliphatic heterocycles. The summed E-state index contributed by atoms with van der Waals surface area (Å²) in [4.78, 5) is 49.3. The van der Waals surface area contributed by atoms with E-state index in [0.717, 1.165) is 41.6 Å². The fourth-order valence-electron chi connectivity index (χ4n) is 8.32. The summed E-state index contributed by atoms with van der Waals surface area (Å²) < 4.78 is 11.6. The van der Waals surface area contributed by atoms with Gasteiger partial charge in [0.05, 0.1) is 32.1 Å². The molecule has 11 nitrogen and oxygen atoms in total. The monoisotopic (exact) mass is 769 g/mol. The van der Waals surface area contributed by atoms with Gasteiger partial charge in [0.15, 0.2) is 11.5 Å². The number of piperidine rings is 1. The van der Waals surface area contributed by atoms with Crippen molar-refractivity contribution in [3.05, 3.63) is 94.6 Å². The molecule has 1 aliphatic carbocycles. The van der Waals surface area contributed by atoms with E-state index >= 15 is 0 Å². The minimum absolute atomic E-state index is 0.0893. The summed E-state index contributed by atoms with van der Waals surface area (Å²) in [6.07, 6.45) is 6.70. The zero-order valence-electron chi connectivity index (χ0n) is 31.6. The number of benzene rings is 3. The fourth-order valence-corrected chi connectivity index (χ4v) is 8.49. The average molecular weight is 770 g/mol. The maximum Gasteiger partial charge on any atom is 0.254 e. The number of likely N-dealkylation sites (N-methyl/N-ethyl adjacent to an activating group) is 1. The third-order valence-electron chi connectivity index (χ3n) is 11.6. The van der Waals surface area contributed by atoms with Gasteiger partial charge in [-0.1, -0.05) is 60.8 Å². The number of methoxy groups -OCH3 is 1. The van der Waals surface area contributed by atoms with E-state index < -0.39 is 18.2 Å². The van der Waals surface area contributed by atoms with E-state index in [1.807, 2.05) is 42.6 Å². The zero-order valence-corrected chi connectivity index (χ0v) is 32.4. The third-order valence-corrected chi connectivity index (χ3v) is 11.9. The number of nitrogens with one attached hydrogen (secondary N) is 3. The van der Waals surface area contributed by atoms with Crippen molar-refractivity contribution in [3.8, 4) is 11.5 Å². The first-order valence-electron chi connectivity index (χ1n) is 19.5. The van der Waals surface area contributed by atoms with Crippen molar-refractivity contribution in [1.29, 1.82) is 0 Å². The van der Waals surface area contributed by atoms with Crippen LogP contribution in [0.1, 0.15) is 53.6 Å². The van der Waals surface area contributed by atoms with Crippen LogP contribution in [0.5, 0.6) is 11.5 Å². The van der Waals surface area contributed by atoms with Crippen molar-refractivity contribution in [2.45, 2.75) is 57.2 Å². The highest BCUT2D eigenvalue weighted by molar-refractivity contribution is 6.31. The van der Waals surface area contributed by atoms with Gasteiger partial charge in [-0.2, -0.15) is 0 Å². The number of aryl methyl sites for hydroxylation is 1. The predicted octanol–water partition coefficient (Wildman–Crippen LogP) is 5.44. The van der Waals surface area contributed by atoms with Crippen LogP contribution in [0.4, 0.5) is 0 Å². The van der Waals surface area contributed by atoms with Gasteiger partial charge >= 0.3 is 0 Å². The second-order valence-electron chi connectivity index (χ2n) is 15.4. The smallest absolute Gasteiger partial charge is 0.254 e. The van der Waals surface area contributed by atoms with Gasteiger partial charge in [0.1, 0.15) is 6.23 Å². The molecule has 3 aromatic carbocycles. The highest BCUT2D eigenvalue weighted by Crippen LogP contribution is 2.38. The summed E-state index contributed by atoms with van der Waals surface area (Å²) in [5.74, 6) is 0.522. The Kier molecular flexibility index (Phi) is 12.3. The summed E-state index contributed by atoms with van der Waals surface area (Å²) >= 11 is 6.21. The number of ether oxygens (including phenoxy) is 2. The van der Waals surface area contributed by atoms with Crippen molar-refractivity contribution in [2.75, 3.05) is 46.9 Å². The Morgan fingerprint density at radius 3 is 2.55 bits per heavy atom. The average Bonchev–Trinajstić information content (AvgIpc) is 3.79. The number of carbonyl (C=O) groups is 3. The minimum Gasteiger partial charge on any atom is -0.493 e. The number of hydrogen-bond donors (Lipinski definition) is 4. The first kappa shape index (κ1) is 38.7. The molecule has 1 aromatic heterocycles. The SMILES string of the molecule is CNC(O)[C@H](CCCc1ccccc1)NC(=O)C1CN(C(=O)Cc2c[nH]c3cc(Cl)ccc23)CC2CN(C(=O)c3ccc(OCCC4CC4)c(OC)c3)CC21. The van der Waals surface area contributed by atoms with Gasteiger partial charge in [0.25, 0.3) is 5.91 Å². The van der Waals surface area contributed by atoms with E-state index in [9.17, 15) is 19.5 Å². The number of H-pyrrole nitrogens is 1. The largest absolute Gasteiger partial charge is 0.493 e. The normalized spacial score (nSPS) is 20.5. The molecule has 7 rings (SSSR count). The van der Waals surface area contributed by atoms with Crippen LogP contribution in [0.2, 0.25) is 5.02 Å². The van der Waals surface area contributed by atoms with Gasteiger partial charge in [-0.3, -0.25) is 19.7 Å². The lowest BCUT2D eigenvalue weighted by Crippen LogP contribution is -2.57. The molecule has 5 atom stereocenters. The molecular weight excluding hydrogens is 718 g/mol. The molecular formula is C43H52ClN5O6. The van der Waals surface area contributed by atoms with Gasteiger partial charge in [-0.25, -0.2) is 0 Å². The predicted molar refractivity (Wildman–Crippen MR) is 212 cm³/mol. The summed E-state index contributed by atoms with van der Waals surface area (Å²) in [5.41, 5.74) is 3.38. The number of likely N-dealkylation sites (tertiary alicyclic amines) is 2. The number of aliphatic hydroxyl groups excluding tert-OH is 1. The fraction of sp³-hybridized carbons (Fsp3) is 0.465. The van der Waals surface area contributed by atoms with E-state index in [-0.39, 0.29) is 42.5 Å². The summed E-state index contributed by atoms with van der Waals surface area (Å²) in [6, 6.07) is 20.4. The molecule has 3 amide bonds. The van der Waals surface area contributed by atoms with Crippen molar-refractivity contribution in [1.82, 2.24) is 25.4 Å². The number of aliphatic hydroxyl groups is 1. The Morgan fingerprint density at radius 1 is 0.982 bits per heavy atom. The molecule has 4 aromatic rings.